The number of rotatable bonds is 5. The quantitative estimate of drug-likeness (QED) is 0.611. The summed E-state index contributed by atoms with van der Waals surface area (Å²) in [6.07, 6.45) is 4.86. The summed E-state index contributed by atoms with van der Waals surface area (Å²) in [5.74, 6) is 1.99. The Bertz CT molecular complexity index is 1050. The van der Waals surface area contributed by atoms with Gasteiger partial charge < -0.3 is 14.2 Å². The number of ether oxygens (including phenoxy) is 3. The van der Waals surface area contributed by atoms with E-state index in [1.165, 1.54) is 5.56 Å². The molecule has 0 bridgehead atoms. The number of carbonyl (C=O) groups excluding carboxylic acids is 1. The van der Waals surface area contributed by atoms with Crippen molar-refractivity contribution in [2.75, 3.05) is 27.8 Å². The number of benzene rings is 2. The fraction of sp³-hybridized carbons (Fsp3) is 0.444. The summed E-state index contributed by atoms with van der Waals surface area (Å²) in [7, 11) is 5.47. The van der Waals surface area contributed by atoms with Gasteiger partial charge in [-0.3, -0.25) is 4.90 Å². The average Bonchev–Trinajstić information content (AvgIpc) is 3.09. The average molecular weight is 436 g/mol. The molecule has 1 saturated heterocycles. The van der Waals surface area contributed by atoms with E-state index in [1.54, 1.807) is 14.2 Å². The molecule has 0 aromatic heterocycles. The predicted molar refractivity (Wildman–Crippen MR) is 126 cm³/mol. The zero-order chi connectivity index (χ0) is 23.0. The number of esters is 1. The van der Waals surface area contributed by atoms with Gasteiger partial charge >= 0.3 is 5.97 Å². The first kappa shape index (κ1) is 22.4. The molecule has 2 aromatic rings. The lowest BCUT2D eigenvalue weighted by Gasteiger charge is -2.40. The maximum Gasteiger partial charge on any atom is 0.343 e. The number of methoxy groups -OCH3 is 2. The molecule has 2 atom stereocenters. The van der Waals surface area contributed by atoms with Crippen molar-refractivity contribution >= 4 is 5.97 Å². The van der Waals surface area contributed by atoms with Gasteiger partial charge in [-0.15, -0.1) is 0 Å². The number of allylic oxidation sites excluding steroid dienone is 1. The number of carbonyl (C=O) groups is 1. The van der Waals surface area contributed by atoms with Crippen LogP contribution in [0.5, 0.6) is 11.5 Å². The van der Waals surface area contributed by atoms with Crippen LogP contribution in [0.4, 0.5) is 0 Å². The van der Waals surface area contributed by atoms with Gasteiger partial charge in [0.15, 0.2) is 11.5 Å². The van der Waals surface area contributed by atoms with Crippen LogP contribution >= 0.6 is 0 Å². The first-order valence-electron chi connectivity index (χ1n) is 11.2. The normalized spacial score (nSPS) is 22.8. The summed E-state index contributed by atoms with van der Waals surface area (Å²) >= 11 is 0. The molecule has 5 nitrogen and oxygen atoms in total. The van der Waals surface area contributed by atoms with E-state index in [-0.39, 0.29) is 17.4 Å². The summed E-state index contributed by atoms with van der Waals surface area (Å²) in [4.78, 5) is 15.4. The number of likely N-dealkylation sites (tertiary alicyclic amines) is 1. The Labute approximate surface area is 191 Å². The topological polar surface area (TPSA) is 48.0 Å². The van der Waals surface area contributed by atoms with Crippen molar-refractivity contribution in [2.45, 2.75) is 51.5 Å². The second-order valence-corrected chi connectivity index (χ2v) is 9.20. The molecule has 2 aliphatic rings. The number of fused-ring (bicyclic) bond motifs is 1. The monoisotopic (exact) mass is 435 g/mol. The minimum absolute atomic E-state index is 0.0279. The number of likely N-dealkylation sites (N-methyl/N-ethyl adjacent to an activating group) is 1. The minimum Gasteiger partial charge on any atom is -0.493 e. The molecule has 1 aliphatic heterocycles. The van der Waals surface area contributed by atoms with Crippen LogP contribution in [-0.2, 0) is 10.2 Å². The molecule has 0 amide bonds. The maximum atomic E-state index is 13.0. The van der Waals surface area contributed by atoms with Crippen molar-refractivity contribution < 1.29 is 19.0 Å². The zero-order valence-electron chi connectivity index (χ0n) is 20.0. The van der Waals surface area contributed by atoms with E-state index in [4.69, 9.17) is 14.2 Å². The van der Waals surface area contributed by atoms with Crippen molar-refractivity contribution in [3.63, 3.8) is 0 Å². The second kappa shape index (κ2) is 8.62. The van der Waals surface area contributed by atoms with Crippen molar-refractivity contribution in [1.82, 2.24) is 4.90 Å². The van der Waals surface area contributed by atoms with Crippen LogP contribution < -0.4 is 9.47 Å². The first-order valence-corrected chi connectivity index (χ1v) is 11.2. The molecular weight excluding hydrogens is 402 g/mol. The molecular formula is C27H33NO4. The van der Waals surface area contributed by atoms with E-state index in [9.17, 15) is 4.79 Å². The summed E-state index contributed by atoms with van der Waals surface area (Å²) in [5, 5.41) is 0. The highest BCUT2D eigenvalue weighted by Gasteiger charge is 2.48. The van der Waals surface area contributed by atoms with E-state index in [0.717, 1.165) is 59.8 Å². The summed E-state index contributed by atoms with van der Waals surface area (Å²) in [5.41, 5.74) is 4.97. The summed E-state index contributed by atoms with van der Waals surface area (Å²) in [6.45, 7) is 6.98. The van der Waals surface area contributed by atoms with Crippen LogP contribution in [0.15, 0.2) is 42.2 Å². The molecule has 170 valence electrons. The molecule has 4 rings (SSSR count). The highest BCUT2D eigenvalue weighted by atomic mass is 16.5. The fourth-order valence-electron chi connectivity index (χ4n) is 5.61. The third-order valence-electron chi connectivity index (χ3n) is 7.18. The van der Waals surface area contributed by atoms with E-state index < -0.39 is 0 Å². The molecule has 0 radical (unpaired) electrons. The molecule has 32 heavy (non-hydrogen) atoms. The van der Waals surface area contributed by atoms with Crippen LogP contribution in [0.25, 0.3) is 0 Å². The standard InChI is InChI=1S/C27H33NO4/c1-17-13-18(2)25(19(3)14-17)26(29)32-21-9-10-27(11-12-28(4)24(27)16-21)20-7-8-22(30-5)23(15-20)31-6/h7-8,13-16,24H,9-12H2,1-6H3/t24-,27-/m0/s1. The molecule has 1 fully saturated rings. The molecule has 1 heterocycles. The minimum atomic E-state index is -0.259. The van der Waals surface area contributed by atoms with Crippen molar-refractivity contribution in [1.29, 1.82) is 0 Å². The zero-order valence-corrected chi connectivity index (χ0v) is 20.0. The smallest absolute Gasteiger partial charge is 0.343 e. The Balaban J connectivity index is 1.63. The van der Waals surface area contributed by atoms with E-state index in [1.807, 2.05) is 39.0 Å². The first-order chi connectivity index (χ1) is 15.3. The van der Waals surface area contributed by atoms with Gasteiger partial charge in [0.05, 0.1) is 19.8 Å². The Morgan fingerprint density at radius 2 is 1.69 bits per heavy atom. The van der Waals surface area contributed by atoms with Gasteiger partial charge in [-0.1, -0.05) is 23.8 Å². The van der Waals surface area contributed by atoms with Crippen LogP contribution in [0.1, 0.15) is 51.9 Å². The Morgan fingerprint density at radius 1 is 1.00 bits per heavy atom. The highest BCUT2D eigenvalue weighted by molar-refractivity contribution is 5.93. The predicted octanol–water partition coefficient (Wildman–Crippen LogP) is 5.11. The molecule has 1 aliphatic carbocycles. The number of hydrogen-bond acceptors (Lipinski definition) is 5. The van der Waals surface area contributed by atoms with Crippen LogP contribution in [0, 0.1) is 20.8 Å². The highest BCUT2D eigenvalue weighted by Crippen LogP contribution is 2.49. The van der Waals surface area contributed by atoms with Gasteiger partial charge in [0, 0.05) is 17.9 Å². The van der Waals surface area contributed by atoms with Gasteiger partial charge in [0.1, 0.15) is 5.76 Å². The summed E-state index contributed by atoms with van der Waals surface area (Å²) in [6, 6.07) is 10.5. The fourth-order valence-corrected chi connectivity index (χ4v) is 5.61. The molecule has 2 aromatic carbocycles. The van der Waals surface area contributed by atoms with Crippen LogP contribution in [-0.4, -0.2) is 44.7 Å². The van der Waals surface area contributed by atoms with Gasteiger partial charge in [-0.2, -0.15) is 0 Å². The van der Waals surface area contributed by atoms with Crippen molar-refractivity contribution in [2.24, 2.45) is 0 Å². The summed E-state index contributed by atoms with van der Waals surface area (Å²) < 4.78 is 17.0. The van der Waals surface area contributed by atoms with Crippen molar-refractivity contribution in [3.8, 4) is 11.5 Å². The maximum absolute atomic E-state index is 13.0. The lowest BCUT2D eigenvalue weighted by molar-refractivity contribution is 0.0591. The number of nitrogens with zero attached hydrogens (tertiary/aromatic N) is 1. The molecule has 0 saturated carbocycles. The largest absolute Gasteiger partial charge is 0.493 e. The third-order valence-corrected chi connectivity index (χ3v) is 7.18. The molecule has 0 N–H and O–H groups in total. The van der Waals surface area contributed by atoms with Crippen LogP contribution in [0.3, 0.4) is 0 Å². The number of hydrogen-bond donors (Lipinski definition) is 0. The lowest BCUT2D eigenvalue weighted by Crippen LogP contribution is -2.42. The third kappa shape index (κ3) is 3.79. The molecule has 0 spiro atoms. The lowest BCUT2D eigenvalue weighted by atomic mass is 9.68. The Morgan fingerprint density at radius 3 is 2.34 bits per heavy atom. The van der Waals surface area contributed by atoms with E-state index >= 15 is 0 Å². The van der Waals surface area contributed by atoms with Gasteiger partial charge in [-0.25, -0.2) is 4.79 Å². The van der Waals surface area contributed by atoms with Gasteiger partial charge in [0.25, 0.3) is 0 Å². The van der Waals surface area contributed by atoms with E-state index in [2.05, 4.69) is 30.2 Å². The van der Waals surface area contributed by atoms with Crippen LogP contribution in [0.2, 0.25) is 0 Å². The number of aryl methyl sites for hydroxylation is 3. The van der Waals surface area contributed by atoms with Gasteiger partial charge in [-0.05, 0) is 82.1 Å². The Kier molecular flexibility index (Phi) is 6.04. The SMILES string of the molecule is COc1ccc([C@@]23CCC(OC(=O)c4c(C)cc(C)cc4C)=C[C@@H]2N(C)CC3)cc1OC. The molecule has 0 unspecified atom stereocenters. The van der Waals surface area contributed by atoms with Crippen molar-refractivity contribution in [3.05, 3.63) is 70.0 Å². The second-order valence-electron chi connectivity index (χ2n) is 9.20. The molecule has 5 heteroatoms. The van der Waals surface area contributed by atoms with Gasteiger partial charge in [0.2, 0.25) is 0 Å². The van der Waals surface area contributed by atoms with E-state index in [0.29, 0.717) is 5.56 Å². The Hall–Kier alpha value is -2.79.